The van der Waals surface area contributed by atoms with Crippen LogP contribution in [0.25, 0.3) is 10.8 Å². The van der Waals surface area contributed by atoms with Gasteiger partial charge in [0.2, 0.25) is 0 Å². The highest BCUT2D eigenvalue weighted by atomic mass is 16.5. The second-order valence-corrected chi connectivity index (χ2v) is 6.96. The molecule has 0 aliphatic rings. The van der Waals surface area contributed by atoms with E-state index in [2.05, 4.69) is 10.5 Å². The first-order valence-corrected chi connectivity index (χ1v) is 9.35. The molecule has 0 radical (unpaired) electrons. The van der Waals surface area contributed by atoms with E-state index in [0.717, 1.165) is 16.3 Å². The van der Waals surface area contributed by atoms with Gasteiger partial charge in [-0.3, -0.25) is 9.59 Å². The molecule has 0 bridgehead atoms. The number of hydrogen-bond acceptors (Lipinski definition) is 5. The number of fused-ring (bicyclic) bond motifs is 1. The van der Waals surface area contributed by atoms with Crippen molar-refractivity contribution in [2.45, 2.75) is 6.92 Å². The van der Waals surface area contributed by atoms with Gasteiger partial charge in [0.15, 0.2) is 6.61 Å². The predicted molar refractivity (Wildman–Crippen MR) is 116 cm³/mol. The number of aromatic hydroxyl groups is 1. The van der Waals surface area contributed by atoms with Crippen LogP contribution in [-0.4, -0.2) is 48.2 Å². The molecule has 0 spiro atoms. The van der Waals surface area contributed by atoms with Gasteiger partial charge in [0.1, 0.15) is 11.5 Å². The van der Waals surface area contributed by atoms with E-state index in [9.17, 15) is 14.7 Å². The summed E-state index contributed by atoms with van der Waals surface area (Å²) in [4.78, 5) is 25.5. The number of hydrazone groups is 1. The highest BCUT2D eigenvalue weighted by molar-refractivity contribution is 6.03. The van der Waals surface area contributed by atoms with E-state index in [-0.39, 0.29) is 23.8 Å². The highest BCUT2D eigenvalue weighted by Gasteiger charge is 2.12. The first-order valence-electron chi connectivity index (χ1n) is 9.35. The second-order valence-electron chi connectivity index (χ2n) is 6.96. The van der Waals surface area contributed by atoms with Gasteiger partial charge in [0.05, 0.1) is 11.3 Å². The van der Waals surface area contributed by atoms with Crippen LogP contribution in [0, 0.1) is 0 Å². The Kier molecular flexibility index (Phi) is 6.32. The molecule has 154 valence electrons. The summed E-state index contributed by atoms with van der Waals surface area (Å²) in [5.74, 6) is -0.170. The van der Waals surface area contributed by atoms with Gasteiger partial charge in [0, 0.05) is 14.1 Å². The van der Waals surface area contributed by atoms with E-state index in [0.29, 0.717) is 11.5 Å². The number of nitrogens with zero attached hydrogens (tertiary/aromatic N) is 2. The van der Waals surface area contributed by atoms with E-state index >= 15 is 0 Å². The number of phenolic OH excluding ortho intramolecular Hbond substituents is 1. The Hall–Kier alpha value is -3.87. The lowest BCUT2D eigenvalue weighted by molar-refractivity contribution is -0.130. The Balaban J connectivity index is 1.66. The first kappa shape index (κ1) is 20.9. The van der Waals surface area contributed by atoms with Crippen molar-refractivity contribution in [1.82, 2.24) is 10.3 Å². The summed E-state index contributed by atoms with van der Waals surface area (Å²) in [6.45, 7) is 1.72. The van der Waals surface area contributed by atoms with Gasteiger partial charge < -0.3 is 14.7 Å². The van der Waals surface area contributed by atoms with Crippen LogP contribution in [0.3, 0.4) is 0 Å². The van der Waals surface area contributed by atoms with Gasteiger partial charge >= 0.3 is 0 Å². The fourth-order valence-corrected chi connectivity index (χ4v) is 2.74. The maximum absolute atomic E-state index is 12.5. The molecule has 0 atom stereocenters. The third-order valence-electron chi connectivity index (χ3n) is 4.57. The zero-order valence-corrected chi connectivity index (χ0v) is 17.0. The number of ether oxygens (including phenoxy) is 1. The topological polar surface area (TPSA) is 91.2 Å². The average Bonchev–Trinajstić information content (AvgIpc) is 2.75. The highest BCUT2D eigenvalue weighted by Crippen LogP contribution is 2.24. The zero-order chi connectivity index (χ0) is 21.7. The van der Waals surface area contributed by atoms with Crippen molar-refractivity contribution in [2.75, 3.05) is 20.7 Å². The minimum atomic E-state index is -0.500. The van der Waals surface area contributed by atoms with Gasteiger partial charge in [-0.15, -0.1) is 0 Å². The Labute approximate surface area is 174 Å². The minimum absolute atomic E-state index is 0.0370. The fourth-order valence-electron chi connectivity index (χ4n) is 2.74. The molecule has 2 N–H and O–H groups in total. The van der Waals surface area contributed by atoms with E-state index < -0.39 is 5.91 Å². The average molecular weight is 405 g/mol. The molecule has 0 aromatic heterocycles. The molecule has 30 heavy (non-hydrogen) atoms. The van der Waals surface area contributed by atoms with E-state index in [4.69, 9.17) is 4.74 Å². The normalized spacial score (nSPS) is 11.2. The minimum Gasteiger partial charge on any atom is -0.507 e. The van der Waals surface area contributed by atoms with Crippen LogP contribution in [0.2, 0.25) is 0 Å². The third-order valence-corrected chi connectivity index (χ3v) is 4.57. The molecule has 3 rings (SSSR count). The van der Waals surface area contributed by atoms with Crippen LogP contribution >= 0.6 is 0 Å². The maximum Gasteiger partial charge on any atom is 0.275 e. The summed E-state index contributed by atoms with van der Waals surface area (Å²) in [6.07, 6.45) is 0. The molecular formula is C23H23N3O4. The number of carbonyl (C=O) groups excluding carboxylic acids is 2. The summed E-state index contributed by atoms with van der Waals surface area (Å²) < 4.78 is 5.44. The largest absolute Gasteiger partial charge is 0.507 e. The maximum atomic E-state index is 12.5. The number of nitrogens with one attached hydrogen (secondary N) is 1. The van der Waals surface area contributed by atoms with E-state index in [1.807, 2.05) is 24.3 Å². The van der Waals surface area contributed by atoms with E-state index in [1.165, 1.54) is 4.90 Å². The molecule has 2 amide bonds. The quantitative estimate of drug-likeness (QED) is 0.487. The standard InChI is InChI=1S/C23H23N3O4/c1-15(16-8-10-19(11-9-16)30-14-22(28)26(2)3)24-25-23(29)20-12-17-6-4-5-7-18(17)13-21(20)27/h4-13,27H,14H2,1-3H3,(H,25,29)/b24-15-. The first-order chi connectivity index (χ1) is 14.3. The molecule has 7 nitrogen and oxygen atoms in total. The molecular weight excluding hydrogens is 382 g/mol. The fraction of sp³-hybridized carbons (Fsp3) is 0.174. The smallest absolute Gasteiger partial charge is 0.275 e. The summed E-state index contributed by atoms with van der Waals surface area (Å²) in [6, 6.07) is 17.7. The number of amides is 2. The van der Waals surface area contributed by atoms with Crippen molar-refractivity contribution in [1.29, 1.82) is 0 Å². The number of carbonyl (C=O) groups is 2. The molecule has 0 heterocycles. The van der Waals surface area contributed by atoms with Gasteiger partial charge in [-0.05, 0) is 59.7 Å². The molecule has 7 heteroatoms. The summed E-state index contributed by atoms with van der Waals surface area (Å²) in [7, 11) is 3.33. The van der Waals surface area contributed by atoms with Gasteiger partial charge in [0.25, 0.3) is 11.8 Å². The summed E-state index contributed by atoms with van der Waals surface area (Å²) in [5, 5.41) is 16.0. The Morgan fingerprint density at radius 1 is 1.03 bits per heavy atom. The third kappa shape index (κ3) is 4.94. The summed E-state index contributed by atoms with van der Waals surface area (Å²) >= 11 is 0. The van der Waals surface area contributed by atoms with Crippen LogP contribution in [0.4, 0.5) is 0 Å². The Morgan fingerprint density at radius 2 is 1.67 bits per heavy atom. The number of hydrogen-bond donors (Lipinski definition) is 2. The lowest BCUT2D eigenvalue weighted by Gasteiger charge is -2.11. The second kappa shape index (κ2) is 9.09. The Morgan fingerprint density at radius 3 is 2.30 bits per heavy atom. The predicted octanol–water partition coefficient (Wildman–Crippen LogP) is 3.17. The lowest BCUT2D eigenvalue weighted by atomic mass is 10.1. The molecule has 0 aliphatic carbocycles. The molecule has 0 fully saturated rings. The molecule has 0 unspecified atom stereocenters. The van der Waals surface area contributed by atoms with Crippen LogP contribution in [0.1, 0.15) is 22.8 Å². The van der Waals surface area contributed by atoms with Crippen LogP contribution in [0.5, 0.6) is 11.5 Å². The van der Waals surface area contributed by atoms with Gasteiger partial charge in [-0.25, -0.2) is 5.43 Å². The molecule has 3 aromatic carbocycles. The Bertz CT molecular complexity index is 1110. The van der Waals surface area contributed by atoms with Crippen molar-refractivity contribution in [2.24, 2.45) is 5.10 Å². The van der Waals surface area contributed by atoms with Crippen LogP contribution in [0.15, 0.2) is 65.8 Å². The van der Waals surface area contributed by atoms with Crippen molar-refractivity contribution in [3.05, 3.63) is 71.8 Å². The monoisotopic (exact) mass is 405 g/mol. The molecule has 0 saturated heterocycles. The number of benzene rings is 3. The van der Waals surface area contributed by atoms with Crippen LogP contribution in [-0.2, 0) is 4.79 Å². The van der Waals surface area contributed by atoms with Crippen molar-refractivity contribution >= 4 is 28.3 Å². The number of phenols is 1. The van der Waals surface area contributed by atoms with Crippen LogP contribution < -0.4 is 10.2 Å². The number of rotatable bonds is 6. The molecule has 0 aliphatic heterocycles. The zero-order valence-electron chi connectivity index (χ0n) is 17.0. The van der Waals surface area contributed by atoms with E-state index in [1.54, 1.807) is 57.4 Å². The number of likely N-dealkylation sites (N-methyl/N-ethyl adjacent to an activating group) is 1. The summed E-state index contributed by atoms with van der Waals surface area (Å²) in [5.41, 5.74) is 3.99. The lowest BCUT2D eigenvalue weighted by Crippen LogP contribution is -2.27. The van der Waals surface area contributed by atoms with Crippen molar-refractivity contribution in [3.8, 4) is 11.5 Å². The van der Waals surface area contributed by atoms with Gasteiger partial charge in [-0.1, -0.05) is 24.3 Å². The van der Waals surface area contributed by atoms with Crippen molar-refractivity contribution in [3.63, 3.8) is 0 Å². The van der Waals surface area contributed by atoms with Crippen molar-refractivity contribution < 1.29 is 19.4 Å². The molecule has 3 aromatic rings. The van der Waals surface area contributed by atoms with Gasteiger partial charge in [-0.2, -0.15) is 5.10 Å². The molecule has 0 saturated carbocycles. The SMILES string of the molecule is C/C(=N/NC(=O)c1cc2ccccc2cc1O)c1ccc(OCC(=O)N(C)C)cc1.